The Kier molecular flexibility index (Phi) is 2.92. The zero-order valence-corrected chi connectivity index (χ0v) is 9.12. The fourth-order valence-electron chi connectivity index (χ4n) is 1.74. The van der Waals surface area contributed by atoms with Crippen LogP contribution in [0.4, 0.5) is 0 Å². The van der Waals surface area contributed by atoms with Gasteiger partial charge in [0, 0.05) is 24.5 Å². The summed E-state index contributed by atoms with van der Waals surface area (Å²) in [5.41, 5.74) is 2.66. The Morgan fingerprint density at radius 3 is 2.50 bits per heavy atom. The van der Waals surface area contributed by atoms with Gasteiger partial charge in [-0.25, -0.2) is 0 Å². The Morgan fingerprint density at radius 1 is 1.29 bits per heavy atom. The average molecular weight is 193 g/mol. The van der Waals surface area contributed by atoms with Crippen LogP contribution in [0.3, 0.4) is 0 Å². The lowest BCUT2D eigenvalue weighted by Crippen LogP contribution is -2.09. The summed E-state index contributed by atoms with van der Waals surface area (Å²) in [5.74, 6) is 0.877. The van der Waals surface area contributed by atoms with Gasteiger partial charge in [-0.05, 0) is 44.7 Å². The molecule has 0 N–H and O–H groups in total. The van der Waals surface area contributed by atoms with Crippen LogP contribution in [0.2, 0.25) is 0 Å². The third-order valence-electron chi connectivity index (χ3n) is 2.93. The van der Waals surface area contributed by atoms with Crippen molar-refractivity contribution in [1.82, 2.24) is 4.57 Å². The second-order valence-electron chi connectivity index (χ2n) is 4.29. The topological polar surface area (TPSA) is 14.2 Å². The van der Waals surface area contributed by atoms with E-state index in [1.54, 1.807) is 0 Å². The molecule has 0 aromatic carbocycles. The van der Waals surface area contributed by atoms with Gasteiger partial charge in [0.05, 0.1) is 6.61 Å². The normalized spacial score (nSPS) is 16.1. The zero-order chi connectivity index (χ0) is 9.97. The van der Waals surface area contributed by atoms with E-state index in [-0.39, 0.29) is 0 Å². The molecule has 0 atom stereocenters. The molecule has 1 fully saturated rings. The van der Waals surface area contributed by atoms with Gasteiger partial charge in [-0.1, -0.05) is 0 Å². The van der Waals surface area contributed by atoms with Gasteiger partial charge < -0.3 is 9.30 Å². The first-order valence-electron chi connectivity index (χ1n) is 5.48. The Morgan fingerprint density at radius 2 is 1.93 bits per heavy atom. The molecule has 2 nitrogen and oxygen atoms in total. The average Bonchev–Trinajstić information content (AvgIpc) is 2.93. The number of nitrogens with zero attached hydrogens (tertiary/aromatic N) is 1. The number of hydrogen-bond acceptors (Lipinski definition) is 1. The van der Waals surface area contributed by atoms with Gasteiger partial charge in [-0.15, -0.1) is 0 Å². The molecule has 78 valence electrons. The zero-order valence-electron chi connectivity index (χ0n) is 9.12. The Hall–Kier alpha value is -0.760. The molecule has 0 saturated heterocycles. The van der Waals surface area contributed by atoms with Crippen molar-refractivity contribution in [3.05, 3.63) is 23.5 Å². The lowest BCUT2D eigenvalue weighted by molar-refractivity contribution is 0.116. The number of aromatic nitrogens is 1. The summed E-state index contributed by atoms with van der Waals surface area (Å²) < 4.78 is 7.93. The largest absolute Gasteiger partial charge is 0.379 e. The van der Waals surface area contributed by atoms with Gasteiger partial charge in [0.15, 0.2) is 0 Å². The standard InChI is InChI=1S/C12H19NO/c1-10-3-4-11(2)13(10)7-8-14-9-12-5-6-12/h3-4,12H,5-9H2,1-2H3. The van der Waals surface area contributed by atoms with E-state index in [4.69, 9.17) is 4.74 Å². The second-order valence-corrected chi connectivity index (χ2v) is 4.29. The molecule has 1 aromatic heterocycles. The molecule has 0 radical (unpaired) electrons. The van der Waals surface area contributed by atoms with Gasteiger partial charge in [-0.2, -0.15) is 0 Å². The molecule has 1 aliphatic rings. The third-order valence-corrected chi connectivity index (χ3v) is 2.93. The molecule has 0 spiro atoms. The molecule has 1 aromatic rings. The molecule has 14 heavy (non-hydrogen) atoms. The van der Waals surface area contributed by atoms with Crippen LogP contribution in [-0.2, 0) is 11.3 Å². The summed E-state index contributed by atoms with van der Waals surface area (Å²) in [7, 11) is 0. The van der Waals surface area contributed by atoms with Crippen molar-refractivity contribution in [2.75, 3.05) is 13.2 Å². The van der Waals surface area contributed by atoms with E-state index in [0.29, 0.717) is 0 Å². The van der Waals surface area contributed by atoms with Crippen LogP contribution < -0.4 is 0 Å². The number of ether oxygens (including phenoxy) is 1. The van der Waals surface area contributed by atoms with Crippen LogP contribution in [0.15, 0.2) is 12.1 Å². The second kappa shape index (κ2) is 4.18. The molecule has 0 unspecified atom stereocenters. The summed E-state index contributed by atoms with van der Waals surface area (Å²) in [6, 6.07) is 4.33. The van der Waals surface area contributed by atoms with Gasteiger partial charge in [0.25, 0.3) is 0 Å². The molecule has 1 aliphatic carbocycles. The van der Waals surface area contributed by atoms with Gasteiger partial charge in [0.2, 0.25) is 0 Å². The van der Waals surface area contributed by atoms with E-state index < -0.39 is 0 Å². The molecule has 0 amide bonds. The maximum Gasteiger partial charge on any atom is 0.0645 e. The lowest BCUT2D eigenvalue weighted by Gasteiger charge is -2.09. The summed E-state index contributed by atoms with van der Waals surface area (Å²) in [5, 5.41) is 0. The van der Waals surface area contributed by atoms with Crippen LogP contribution in [0.25, 0.3) is 0 Å². The van der Waals surface area contributed by atoms with Crippen molar-refractivity contribution in [2.45, 2.75) is 33.2 Å². The van der Waals surface area contributed by atoms with Crippen LogP contribution >= 0.6 is 0 Å². The number of hydrogen-bond donors (Lipinski definition) is 0. The Labute approximate surface area is 85.9 Å². The quantitative estimate of drug-likeness (QED) is 0.655. The molecule has 2 rings (SSSR count). The highest BCUT2D eigenvalue weighted by Gasteiger charge is 2.20. The predicted octanol–water partition coefficient (Wildman–Crippen LogP) is 2.53. The molecule has 1 heterocycles. The fourth-order valence-corrected chi connectivity index (χ4v) is 1.74. The van der Waals surface area contributed by atoms with Crippen molar-refractivity contribution in [3.8, 4) is 0 Å². The first kappa shape index (κ1) is 9.78. The number of aryl methyl sites for hydroxylation is 2. The van der Waals surface area contributed by atoms with Crippen molar-refractivity contribution in [1.29, 1.82) is 0 Å². The molecule has 0 bridgehead atoms. The maximum absolute atomic E-state index is 5.62. The summed E-state index contributed by atoms with van der Waals surface area (Å²) in [6.45, 7) is 7.12. The minimum atomic E-state index is 0.854. The maximum atomic E-state index is 5.62. The SMILES string of the molecule is Cc1ccc(C)n1CCOCC1CC1. The molecule has 0 aliphatic heterocycles. The van der Waals surface area contributed by atoms with Crippen molar-refractivity contribution in [2.24, 2.45) is 5.92 Å². The van der Waals surface area contributed by atoms with Crippen LogP contribution in [0, 0.1) is 19.8 Å². The smallest absolute Gasteiger partial charge is 0.0645 e. The Balaban J connectivity index is 1.73. The predicted molar refractivity (Wildman–Crippen MR) is 57.4 cm³/mol. The highest BCUT2D eigenvalue weighted by Crippen LogP contribution is 2.28. The number of rotatable bonds is 5. The summed E-state index contributed by atoms with van der Waals surface area (Å²) >= 11 is 0. The van der Waals surface area contributed by atoms with E-state index in [1.165, 1.54) is 24.2 Å². The fraction of sp³-hybridized carbons (Fsp3) is 0.667. The van der Waals surface area contributed by atoms with Crippen molar-refractivity contribution in [3.63, 3.8) is 0 Å². The van der Waals surface area contributed by atoms with E-state index in [1.807, 2.05) is 0 Å². The van der Waals surface area contributed by atoms with Crippen molar-refractivity contribution < 1.29 is 4.74 Å². The van der Waals surface area contributed by atoms with Crippen molar-refractivity contribution >= 4 is 0 Å². The molecule has 1 saturated carbocycles. The van der Waals surface area contributed by atoms with Gasteiger partial charge in [0.1, 0.15) is 0 Å². The summed E-state index contributed by atoms with van der Waals surface area (Å²) in [4.78, 5) is 0. The first-order chi connectivity index (χ1) is 6.77. The molecule has 2 heteroatoms. The Bertz CT molecular complexity index is 280. The lowest BCUT2D eigenvalue weighted by atomic mass is 10.4. The molecular weight excluding hydrogens is 174 g/mol. The van der Waals surface area contributed by atoms with E-state index >= 15 is 0 Å². The van der Waals surface area contributed by atoms with Crippen LogP contribution in [-0.4, -0.2) is 17.8 Å². The van der Waals surface area contributed by atoms with E-state index in [0.717, 1.165) is 25.7 Å². The molecular formula is C12H19NO. The summed E-state index contributed by atoms with van der Waals surface area (Å²) in [6.07, 6.45) is 2.75. The minimum absolute atomic E-state index is 0.854. The monoisotopic (exact) mass is 193 g/mol. The van der Waals surface area contributed by atoms with Crippen LogP contribution in [0.5, 0.6) is 0 Å². The van der Waals surface area contributed by atoms with Gasteiger partial charge in [-0.3, -0.25) is 0 Å². The third kappa shape index (κ3) is 2.38. The minimum Gasteiger partial charge on any atom is -0.379 e. The highest BCUT2D eigenvalue weighted by atomic mass is 16.5. The van der Waals surface area contributed by atoms with E-state index in [2.05, 4.69) is 30.5 Å². The van der Waals surface area contributed by atoms with Crippen LogP contribution in [0.1, 0.15) is 24.2 Å². The highest BCUT2D eigenvalue weighted by molar-refractivity contribution is 5.13. The van der Waals surface area contributed by atoms with E-state index in [9.17, 15) is 0 Å². The van der Waals surface area contributed by atoms with Gasteiger partial charge >= 0.3 is 0 Å². The first-order valence-corrected chi connectivity index (χ1v) is 5.48.